The lowest BCUT2D eigenvalue weighted by molar-refractivity contribution is 0.142. The lowest BCUT2D eigenvalue weighted by Gasteiger charge is -2.14. The van der Waals surface area contributed by atoms with E-state index in [9.17, 15) is 18.7 Å². The van der Waals surface area contributed by atoms with E-state index in [0.717, 1.165) is 0 Å². The second kappa shape index (κ2) is 7.36. The number of aliphatic hydroxyl groups excluding tert-OH is 1. The van der Waals surface area contributed by atoms with Gasteiger partial charge in [-0.2, -0.15) is 0 Å². The second-order valence-electron chi connectivity index (χ2n) is 5.68. The van der Waals surface area contributed by atoms with Gasteiger partial charge in [-0.05, 0) is 37.5 Å². The normalized spacial score (nSPS) is 14.0. The number of H-pyrrole nitrogens is 1. The van der Waals surface area contributed by atoms with Gasteiger partial charge in [-0.15, -0.1) is 0 Å². The van der Waals surface area contributed by atoms with Gasteiger partial charge in [0.15, 0.2) is 5.82 Å². The number of carbonyl (C=O) groups is 1. The molecule has 8 heteroatoms. The van der Waals surface area contributed by atoms with Crippen molar-refractivity contribution in [2.45, 2.75) is 32.8 Å². The summed E-state index contributed by atoms with van der Waals surface area (Å²) in [6.45, 7) is 4.05. The van der Waals surface area contributed by atoms with Crippen LogP contribution in [0.2, 0.25) is 0 Å². The molecular weight excluding hydrogens is 306 g/mol. The number of benzene rings is 1. The minimum atomic E-state index is -2.67. The van der Waals surface area contributed by atoms with Gasteiger partial charge in [0.05, 0.1) is 17.1 Å². The van der Waals surface area contributed by atoms with Crippen LogP contribution in [0.15, 0.2) is 18.2 Å². The molecule has 4 N–H and O–H groups in total. The molecule has 0 saturated heterocycles. The number of alkyl halides is 2. The second-order valence-corrected chi connectivity index (χ2v) is 5.68. The number of amides is 2. The molecule has 2 rings (SSSR count). The Kier molecular flexibility index (Phi) is 5.49. The quantitative estimate of drug-likeness (QED) is 0.658. The number of hydrogen-bond donors (Lipinski definition) is 4. The highest BCUT2D eigenvalue weighted by Gasteiger charge is 2.13. The lowest BCUT2D eigenvalue weighted by Crippen LogP contribution is -2.33. The number of carbonyl (C=O) groups excluding carboxylic acids is 1. The highest BCUT2D eigenvalue weighted by atomic mass is 19.3. The summed E-state index contributed by atoms with van der Waals surface area (Å²) >= 11 is 0. The smallest absolute Gasteiger partial charge is 0.319 e. The maximum atomic E-state index is 12.6. The first-order valence-corrected chi connectivity index (χ1v) is 7.36. The highest BCUT2D eigenvalue weighted by Crippen LogP contribution is 2.22. The molecular formula is C15H20F2N4O2. The number of aromatic nitrogens is 2. The van der Waals surface area contributed by atoms with E-state index in [4.69, 9.17) is 0 Å². The third-order valence-corrected chi connectivity index (χ3v) is 3.32. The van der Waals surface area contributed by atoms with Crippen LogP contribution < -0.4 is 10.6 Å². The van der Waals surface area contributed by atoms with Crippen LogP contribution in [-0.2, 0) is 0 Å². The van der Waals surface area contributed by atoms with E-state index in [1.165, 1.54) is 0 Å². The first-order chi connectivity index (χ1) is 10.8. The van der Waals surface area contributed by atoms with E-state index in [0.29, 0.717) is 29.7 Å². The van der Waals surface area contributed by atoms with Gasteiger partial charge >= 0.3 is 6.03 Å². The number of aromatic amines is 1. The average molecular weight is 326 g/mol. The van der Waals surface area contributed by atoms with Crippen molar-refractivity contribution in [3.8, 4) is 0 Å². The molecule has 0 aliphatic rings. The molecule has 0 aliphatic heterocycles. The van der Waals surface area contributed by atoms with E-state index >= 15 is 0 Å². The van der Waals surface area contributed by atoms with Crippen LogP contribution in [0.4, 0.5) is 19.3 Å². The molecule has 2 aromatic rings. The van der Waals surface area contributed by atoms with Crippen molar-refractivity contribution in [3.63, 3.8) is 0 Å². The van der Waals surface area contributed by atoms with Gasteiger partial charge in [-0.3, -0.25) is 0 Å². The molecule has 0 spiro atoms. The Morgan fingerprint density at radius 2 is 2.13 bits per heavy atom. The number of urea groups is 1. The molecule has 2 atom stereocenters. The Labute approximate surface area is 132 Å². The largest absolute Gasteiger partial charge is 0.393 e. The molecule has 6 nitrogen and oxygen atoms in total. The minimum Gasteiger partial charge on any atom is -0.393 e. The summed E-state index contributed by atoms with van der Waals surface area (Å²) in [6, 6.07) is 4.31. The Balaban J connectivity index is 1.94. The number of hydrogen-bond acceptors (Lipinski definition) is 3. The first kappa shape index (κ1) is 17.1. The Bertz CT molecular complexity index is 673. The van der Waals surface area contributed by atoms with Crippen LogP contribution >= 0.6 is 0 Å². The third-order valence-electron chi connectivity index (χ3n) is 3.32. The van der Waals surface area contributed by atoms with Crippen molar-refractivity contribution in [2.24, 2.45) is 5.92 Å². The van der Waals surface area contributed by atoms with Crippen molar-refractivity contribution in [3.05, 3.63) is 24.0 Å². The van der Waals surface area contributed by atoms with Gasteiger partial charge in [-0.25, -0.2) is 18.6 Å². The molecule has 0 aliphatic carbocycles. The monoisotopic (exact) mass is 326 g/mol. The van der Waals surface area contributed by atoms with Crippen LogP contribution in [0.3, 0.4) is 0 Å². The lowest BCUT2D eigenvalue weighted by atomic mass is 10.1. The summed E-state index contributed by atoms with van der Waals surface area (Å²) in [6.07, 6.45) is -2.49. The number of aliphatic hydroxyl groups is 1. The molecule has 0 bridgehead atoms. The van der Waals surface area contributed by atoms with Gasteiger partial charge in [0, 0.05) is 12.2 Å². The molecule has 0 radical (unpaired) electrons. The molecule has 1 aromatic carbocycles. The van der Waals surface area contributed by atoms with Gasteiger partial charge < -0.3 is 20.7 Å². The topological polar surface area (TPSA) is 90.0 Å². The number of halogens is 2. The molecule has 23 heavy (non-hydrogen) atoms. The van der Waals surface area contributed by atoms with Crippen LogP contribution in [0.5, 0.6) is 0 Å². The highest BCUT2D eigenvalue weighted by molar-refractivity contribution is 5.91. The van der Waals surface area contributed by atoms with E-state index in [2.05, 4.69) is 20.6 Å². The van der Waals surface area contributed by atoms with Crippen LogP contribution in [0.1, 0.15) is 32.5 Å². The fourth-order valence-electron chi connectivity index (χ4n) is 2.32. The number of imidazole rings is 1. The summed E-state index contributed by atoms with van der Waals surface area (Å²) in [7, 11) is 0. The van der Waals surface area contributed by atoms with E-state index in [1.54, 1.807) is 25.1 Å². The van der Waals surface area contributed by atoms with E-state index in [-0.39, 0.29) is 5.92 Å². The summed E-state index contributed by atoms with van der Waals surface area (Å²) < 4.78 is 25.2. The standard InChI is InChI=1S/C15H20F2N4O2/c1-8(5-9(2)22)7-18-15(23)19-10-3-4-11-12(6-10)21-14(20-11)13(16)17/h3-4,6,8-9,13,22H,5,7H2,1-2H3,(H,20,21)(H2,18,19,23). The summed E-state index contributed by atoms with van der Waals surface area (Å²) in [5.74, 6) is -0.252. The summed E-state index contributed by atoms with van der Waals surface area (Å²) in [4.78, 5) is 18.1. The number of anilines is 1. The van der Waals surface area contributed by atoms with Crippen LogP contribution in [-0.4, -0.2) is 33.8 Å². The predicted molar refractivity (Wildman–Crippen MR) is 83.5 cm³/mol. The molecule has 0 saturated carbocycles. The van der Waals surface area contributed by atoms with Crippen molar-refractivity contribution in [2.75, 3.05) is 11.9 Å². The van der Waals surface area contributed by atoms with E-state index in [1.807, 2.05) is 6.92 Å². The molecule has 2 amide bonds. The summed E-state index contributed by atoms with van der Waals surface area (Å²) in [5.41, 5.74) is 1.32. The Morgan fingerprint density at radius 3 is 2.78 bits per heavy atom. The Hall–Kier alpha value is -2.22. The summed E-state index contributed by atoms with van der Waals surface area (Å²) in [5, 5.41) is 14.6. The van der Waals surface area contributed by atoms with Crippen LogP contribution in [0.25, 0.3) is 11.0 Å². The number of fused-ring (bicyclic) bond motifs is 1. The maximum absolute atomic E-state index is 12.6. The molecule has 126 valence electrons. The third kappa shape index (κ3) is 4.88. The van der Waals surface area contributed by atoms with Crippen molar-refractivity contribution >= 4 is 22.8 Å². The zero-order chi connectivity index (χ0) is 17.0. The van der Waals surface area contributed by atoms with Crippen molar-refractivity contribution < 1.29 is 18.7 Å². The zero-order valence-electron chi connectivity index (χ0n) is 12.9. The van der Waals surface area contributed by atoms with Gasteiger partial charge in [0.1, 0.15) is 0 Å². The Morgan fingerprint density at radius 1 is 1.39 bits per heavy atom. The number of nitrogens with one attached hydrogen (secondary N) is 3. The fourth-order valence-corrected chi connectivity index (χ4v) is 2.32. The van der Waals surface area contributed by atoms with Crippen molar-refractivity contribution in [1.82, 2.24) is 15.3 Å². The van der Waals surface area contributed by atoms with Crippen LogP contribution in [0, 0.1) is 5.92 Å². The van der Waals surface area contributed by atoms with Gasteiger partial charge in [0.2, 0.25) is 0 Å². The van der Waals surface area contributed by atoms with Gasteiger partial charge in [0.25, 0.3) is 6.43 Å². The fraction of sp³-hybridized carbons (Fsp3) is 0.467. The van der Waals surface area contributed by atoms with Crippen molar-refractivity contribution in [1.29, 1.82) is 0 Å². The van der Waals surface area contributed by atoms with Gasteiger partial charge in [-0.1, -0.05) is 6.92 Å². The predicted octanol–water partition coefficient (Wildman–Crippen LogP) is 3.03. The number of nitrogens with zero attached hydrogens (tertiary/aromatic N) is 1. The molecule has 0 fully saturated rings. The van der Waals surface area contributed by atoms with E-state index < -0.39 is 24.4 Å². The minimum absolute atomic E-state index is 0.143. The SMILES string of the molecule is CC(O)CC(C)CNC(=O)Nc1ccc2nc(C(F)F)[nH]c2c1. The molecule has 2 unspecified atom stereocenters. The molecule has 1 heterocycles. The molecule has 1 aromatic heterocycles. The zero-order valence-corrected chi connectivity index (χ0v) is 12.9. The maximum Gasteiger partial charge on any atom is 0.319 e. The number of rotatable bonds is 6. The average Bonchev–Trinajstić information content (AvgIpc) is 2.88. The first-order valence-electron chi connectivity index (χ1n) is 7.36.